The van der Waals surface area contributed by atoms with Crippen LogP contribution in [0.1, 0.15) is 31.7 Å². The lowest BCUT2D eigenvalue weighted by Crippen LogP contribution is -2.48. The van der Waals surface area contributed by atoms with Crippen molar-refractivity contribution in [2.24, 2.45) is 0 Å². The van der Waals surface area contributed by atoms with Crippen LogP contribution in [0, 0.1) is 0 Å². The van der Waals surface area contributed by atoms with E-state index in [1.54, 1.807) is 19.1 Å². The number of nitrogens with one attached hydrogen (secondary N) is 1. The predicted octanol–water partition coefficient (Wildman–Crippen LogP) is 3.41. The van der Waals surface area contributed by atoms with Gasteiger partial charge in [-0.3, -0.25) is 9.59 Å². The third-order valence-corrected chi connectivity index (χ3v) is 4.67. The lowest BCUT2D eigenvalue weighted by atomic mass is 10.1. The first kappa shape index (κ1) is 22.3. The monoisotopic (exact) mass is 398 g/mol. The molecule has 156 valence electrons. The molecule has 0 aliphatic heterocycles. The zero-order valence-electron chi connectivity index (χ0n) is 17.4. The van der Waals surface area contributed by atoms with E-state index in [2.05, 4.69) is 5.32 Å². The lowest BCUT2D eigenvalue weighted by Gasteiger charge is -2.30. The van der Waals surface area contributed by atoms with Crippen LogP contribution >= 0.6 is 0 Å². The maximum atomic E-state index is 13.0. The number of nitrogens with zero attached hydrogens (tertiary/aromatic N) is 1. The van der Waals surface area contributed by atoms with Crippen molar-refractivity contribution in [1.82, 2.24) is 10.2 Å². The second kappa shape index (κ2) is 11.7. The van der Waals surface area contributed by atoms with Gasteiger partial charge in [0.2, 0.25) is 11.8 Å². The molecule has 0 spiro atoms. The van der Waals surface area contributed by atoms with Gasteiger partial charge in [0, 0.05) is 20.0 Å². The SMILES string of the molecule is CC[C@@H](C(=O)NC)N(Cc1cccc(OC)c1)C(=O)CCCOc1ccccc1. The molecule has 0 unspecified atom stereocenters. The standard InChI is InChI=1S/C23H30N2O4/c1-4-21(23(27)24-2)25(17-18-10-8-13-20(16-18)28-3)22(26)14-9-15-29-19-11-6-5-7-12-19/h5-8,10-13,16,21H,4,9,14-15,17H2,1-3H3,(H,24,27)/t21-/m0/s1. The smallest absolute Gasteiger partial charge is 0.242 e. The van der Waals surface area contributed by atoms with Gasteiger partial charge >= 0.3 is 0 Å². The quantitative estimate of drug-likeness (QED) is 0.589. The maximum Gasteiger partial charge on any atom is 0.242 e. The largest absolute Gasteiger partial charge is 0.497 e. The first-order chi connectivity index (χ1) is 14.1. The Morgan fingerprint density at radius 3 is 2.45 bits per heavy atom. The van der Waals surface area contributed by atoms with Gasteiger partial charge < -0.3 is 19.7 Å². The Morgan fingerprint density at radius 1 is 1.07 bits per heavy atom. The number of hydrogen-bond donors (Lipinski definition) is 1. The van der Waals surface area contributed by atoms with E-state index in [0.29, 0.717) is 32.4 Å². The summed E-state index contributed by atoms with van der Waals surface area (Å²) in [6.07, 6.45) is 1.42. The van der Waals surface area contributed by atoms with Crippen molar-refractivity contribution in [2.45, 2.75) is 38.8 Å². The number of rotatable bonds is 11. The normalized spacial score (nSPS) is 11.4. The van der Waals surface area contributed by atoms with Crippen LogP contribution in [0.15, 0.2) is 54.6 Å². The summed E-state index contributed by atoms with van der Waals surface area (Å²) in [4.78, 5) is 27.0. The summed E-state index contributed by atoms with van der Waals surface area (Å²) < 4.78 is 10.9. The molecule has 0 aliphatic carbocycles. The zero-order valence-corrected chi connectivity index (χ0v) is 17.4. The van der Waals surface area contributed by atoms with E-state index in [0.717, 1.165) is 17.1 Å². The fourth-order valence-corrected chi connectivity index (χ4v) is 3.13. The molecule has 1 atom stereocenters. The van der Waals surface area contributed by atoms with Gasteiger partial charge in [0.1, 0.15) is 17.5 Å². The molecule has 6 heteroatoms. The van der Waals surface area contributed by atoms with Crippen LogP contribution in [0.4, 0.5) is 0 Å². The van der Waals surface area contributed by atoms with E-state index >= 15 is 0 Å². The van der Waals surface area contributed by atoms with Crippen molar-refractivity contribution < 1.29 is 19.1 Å². The fourth-order valence-electron chi connectivity index (χ4n) is 3.13. The highest BCUT2D eigenvalue weighted by atomic mass is 16.5. The molecule has 0 radical (unpaired) electrons. The highest BCUT2D eigenvalue weighted by Crippen LogP contribution is 2.18. The van der Waals surface area contributed by atoms with Crippen LogP contribution in [0.5, 0.6) is 11.5 Å². The molecule has 1 N–H and O–H groups in total. The van der Waals surface area contributed by atoms with Gasteiger partial charge in [0.05, 0.1) is 13.7 Å². The van der Waals surface area contributed by atoms with Crippen LogP contribution in [0.25, 0.3) is 0 Å². The third-order valence-electron chi connectivity index (χ3n) is 4.67. The van der Waals surface area contributed by atoms with Gasteiger partial charge in [-0.25, -0.2) is 0 Å². The molecule has 0 saturated carbocycles. The van der Waals surface area contributed by atoms with Crippen molar-refractivity contribution in [3.8, 4) is 11.5 Å². The van der Waals surface area contributed by atoms with E-state index < -0.39 is 6.04 Å². The molecule has 0 bridgehead atoms. The molecule has 2 aromatic rings. The van der Waals surface area contributed by atoms with Crippen LogP contribution in [0.3, 0.4) is 0 Å². The van der Waals surface area contributed by atoms with E-state index in [4.69, 9.17) is 9.47 Å². The van der Waals surface area contributed by atoms with Crippen LogP contribution in [-0.4, -0.2) is 43.5 Å². The van der Waals surface area contributed by atoms with Crippen molar-refractivity contribution in [2.75, 3.05) is 20.8 Å². The highest BCUT2D eigenvalue weighted by Gasteiger charge is 2.27. The minimum Gasteiger partial charge on any atom is -0.497 e. The third kappa shape index (κ3) is 6.82. The highest BCUT2D eigenvalue weighted by molar-refractivity contribution is 5.87. The zero-order chi connectivity index (χ0) is 21.1. The molecular formula is C23H30N2O4. The summed E-state index contributed by atoms with van der Waals surface area (Å²) in [5.74, 6) is 1.27. The second-order valence-electron chi connectivity index (χ2n) is 6.68. The Morgan fingerprint density at radius 2 is 1.79 bits per heavy atom. The van der Waals surface area contributed by atoms with Crippen molar-refractivity contribution >= 4 is 11.8 Å². The lowest BCUT2D eigenvalue weighted by molar-refractivity contribution is -0.141. The molecule has 2 rings (SSSR count). The summed E-state index contributed by atoms with van der Waals surface area (Å²) in [6, 6.07) is 16.5. The molecule has 6 nitrogen and oxygen atoms in total. The second-order valence-corrected chi connectivity index (χ2v) is 6.68. The van der Waals surface area contributed by atoms with Crippen molar-refractivity contribution in [3.05, 3.63) is 60.2 Å². The van der Waals surface area contributed by atoms with Crippen molar-refractivity contribution in [3.63, 3.8) is 0 Å². The average molecular weight is 399 g/mol. The van der Waals surface area contributed by atoms with Gasteiger partial charge in [-0.1, -0.05) is 37.3 Å². The number of likely N-dealkylation sites (N-methyl/N-ethyl adjacent to an activating group) is 1. The Labute approximate surface area is 172 Å². The Balaban J connectivity index is 2.04. The number of amides is 2. The number of ether oxygens (including phenoxy) is 2. The number of carbonyl (C=O) groups is 2. The van der Waals surface area contributed by atoms with Crippen LogP contribution < -0.4 is 14.8 Å². The van der Waals surface area contributed by atoms with E-state index in [1.165, 1.54) is 0 Å². The summed E-state index contributed by atoms with van der Waals surface area (Å²) in [5.41, 5.74) is 0.917. The molecular weight excluding hydrogens is 368 g/mol. The molecule has 2 aromatic carbocycles. The van der Waals surface area contributed by atoms with E-state index in [9.17, 15) is 9.59 Å². The number of carbonyl (C=O) groups excluding carboxylic acids is 2. The van der Waals surface area contributed by atoms with Crippen molar-refractivity contribution in [1.29, 1.82) is 0 Å². The summed E-state index contributed by atoms with van der Waals surface area (Å²) in [5, 5.41) is 2.67. The number of para-hydroxylation sites is 1. The molecule has 0 saturated heterocycles. The van der Waals surface area contributed by atoms with Crippen LogP contribution in [0.2, 0.25) is 0 Å². The minimum absolute atomic E-state index is 0.0695. The number of hydrogen-bond acceptors (Lipinski definition) is 4. The molecule has 0 aromatic heterocycles. The Bertz CT molecular complexity index is 779. The fraction of sp³-hybridized carbons (Fsp3) is 0.391. The Kier molecular flexibility index (Phi) is 9.02. The first-order valence-corrected chi connectivity index (χ1v) is 9.90. The summed E-state index contributed by atoms with van der Waals surface area (Å²) in [7, 11) is 3.20. The molecule has 29 heavy (non-hydrogen) atoms. The molecule has 0 heterocycles. The maximum absolute atomic E-state index is 13.0. The summed E-state index contributed by atoms with van der Waals surface area (Å²) >= 11 is 0. The molecule has 0 aliphatic rings. The van der Waals surface area contributed by atoms with Gasteiger partial charge in [-0.05, 0) is 42.7 Å². The van der Waals surface area contributed by atoms with Gasteiger partial charge in [0.15, 0.2) is 0 Å². The number of benzene rings is 2. The summed E-state index contributed by atoms with van der Waals surface area (Å²) in [6.45, 7) is 2.70. The predicted molar refractivity (Wildman–Crippen MR) is 113 cm³/mol. The number of methoxy groups -OCH3 is 1. The van der Waals surface area contributed by atoms with E-state index in [1.807, 2.05) is 61.5 Å². The molecule has 2 amide bonds. The minimum atomic E-state index is -0.520. The van der Waals surface area contributed by atoms with Gasteiger partial charge in [0.25, 0.3) is 0 Å². The average Bonchev–Trinajstić information content (AvgIpc) is 2.77. The first-order valence-electron chi connectivity index (χ1n) is 9.90. The van der Waals surface area contributed by atoms with Gasteiger partial charge in [-0.2, -0.15) is 0 Å². The van der Waals surface area contributed by atoms with Crippen LogP contribution in [-0.2, 0) is 16.1 Å². The molecule has 0 fully saturated rings. The van der Waals surface area contributed by atoms with Gasteiger partial charge in [-0.15, -0.1) is 0 Å². The Hall–Kier alpha value is -3.02. The van der Waals surface area contributed by atoms with E-state index in [-0.39, 0.29) is 11.8 Å². The topological polar surface area (TPSA) is 67.9 Å².